The molecule has 0 aliphatic heterocycles. The molecule has 0 aliphatic carbocycles. The largest absolute Gasteiger partial charge is 0.491 e. The summed E-state index contributed by atoms with van der Waals surface area (Å²) in [6.45, 7) is 4.63. The molecule has 0 saturated carbocycles. The Balaban J connectivity index is 2.37. The normalized spacial score (nSPS) is 10.9. The summed E-state index contributed by atoms with van der Waals surface area (Å²) in [6, 6.07) is 3.33. The average molecular weight is 392 g/mol. The lowest BCUT2D eigenvalue weighted by Crippen LogP contribution is -2.10. The van der Waals surface area contributed by atoms with Crippen LogP contribution in [0, 0.1) is 0 Å². The highest BCUT2D eigenvalue weighted by Crippen LogP contribution is 2.35. The summed E-state index contributed by atoms with van der Waals surface area (Å²) in [5.41, 5.74) is 12.5. The van der Waals surface area contributed by atoms with Crippen LogP contribution in [0.15, 0.2) is 36.4 Å². The van der Waals surface area contributed by atoms with Crippen LogP contribution in [0.1, 0.15) is 26.7 Å². The third-order valence-corrected chi connectivity index (χ3v) is 3.39. The van der Waals surface area contributed by atoms with Crippen molar-refractivity contribution < 1.29 is 28.5 Å². The van der Waals surface area contributed by atoms with Crippen molar-refractivity contribution in [1.82, 2.24) is 0 Å². The zero-order chi connectivity index (χ0) is 20.8. The maximum Gasteiger partial charge on any atom is 0.330 e. The van der Waals surface area contributed by atoms with Gasteiger partial charge in [-0.3, -0.25) is 0 Å². The van der Waals surface area contributed by atoms with Gasteiger partial charge in [0.1, 0.15) is 22.9 Å². The molecule has 0 aliphatic rings. The second-order valence-electron chi connectivity index (χ2n) is 5.63. The number of hydrogen-bond donors (Lipinski definition) is 2. The van der Waals surface area contributed by atoms with Crippen molar-refractivity contribution in [1.29, 1.82) is 0 Å². The molecule has 0 atom stereocenters. The average Bonchev–Trinajstić information content (AvgIpc) is 2.66. The summed E-state index contributed by atoms with van der Waals surface area (Å²) in [4.78, 5) is 22.3. The molecule has 28 heavy (non-hydrogen) atoms. The number of anilines is 2. The molecule has 0 unspecified atom stereocenters. The quantitative estimate of drug-likeness (QED) is 0.241. The maximum absolute atomic E-state index is 11.2. The molecular formula is C20H28N2O6. The minimum atomic E-state index is -0.385. The van der Waals surface area contributed by atoms with Crippen molar-refractivity contribution in [2.45, 2.75) is 26.7 Å². The Morgan fingerprint density at radius 2 is 1.18 bits per heavy atom. The number of esters is 2. The van der Waals surface area contributed by atoms with Crippen LogP contribution in [0.25, 0.3) is 0 Å². The van der Waals surface area contributed by atoms with Gasteiger partial charge in [0.2, 0.25) is 0 Å². The van der Waals surface area contributed by atoms with E-state index in [1.165, 1.54) is 12.2 Å². The van der Waals surface area contributed by atoms with Crippen LogP contribution in [0.2, 0.25) is 0 Å². The van der Waals surface area contributed by atoms with E-state index in [1.807, 2.05) is 0 Å². The van der Waals surface area contributed by atoms with E-state index in [-0.39, 0.29) is 36.5 Å². The molecule has 8 nitrogen and oxygen atoms in total. The number of hydrogen-bond acceptors (Lipinski definition) is 8. The van der Waals surface area contributed by atoms with Crippen molar-refractivity contribution in [2.24, 2.45) is 0 Å². The number of nitrogen functional groups attached to an aromatic ring is 2. The number of ether oxygens (including phenoxy) is 4. The Kier molecular flexibility index (Phi) is 10.7. The van der Waals surface area contributed by atoms with Gasteiger partial charge >= 0.3 is 11.9 Å². The lowest BCUT2D eigenvalue weighted by atomic mass is 10.2. The first-order chi connectivity index (χ1) is 13.5. The molecule has 0 heterocycles. The summed E-state index contributed by atoms with van der Waals surface area (Å²) in [5, 5.41) is 0. The van der Waals surface area contributed by atoms with E-state index in [2.05, 4.69) is 0 Å². The van der Waals surface area contributed by atoms with Gasteiger partial charge < -0.3 is 30.4 Å². The standard InChI is InChI=1S/C20H28N2O6/c1-3-7-17(23)27-13-5-11-25-15-9-10-16(20(22)19(15)21)26-12-6-14-28-18(24)8-4-2/h3-4,7-10H,5-6,11-14,21-22H2,1-2H3. The van der Waals surface area contributed by atoms with Crippen molar-refractivity contribution in [3.63, 3.8) is 0 Å². The molecular weight excluding hydrogens is 364 g/mol. The van der Waals surface area contributed by atoms with Gasteiger partial charge in [0.25, 0.3) is 0 Å². The van der Waals surface area contributed by atoms with E-state index in [9.17, 15) is 9.59 Å². The topological polar surface area (TPSA) is 123 Å². The van der Waals surface area contributed by atoms with Crippen LogP contribution in [0.3, 0.4) is 0 Å². The molecule has 4 N–H and O–H groups in total. The van der Waals surface area contributed by atoms with Gasteiger partial charge in [0.15, 0.2) is 0 Å². The molecule has 1 aromatic rings. The monoisotopic (exact) mass is 392 g/mol. The summed E-state index contributed by atoms with van der Waals surface area (Å²) in [7, 11) is 0. The first-order valence-corrected chi connectivity index (χ1v) is 9.02. The number of allylic oxidation sites excluding steroid dienone is 2. The summed E-state index contributed by atoms with van der Waals surface area (Å²) in [5.74, 6) is 0.100. The molecule has 0 fully saturated rings. The predicted octanol–water partition coefficient (Wildman–Crippen LogP) is 2.63. The van der Waals surface area contributed by atoms with Crippen LogP contribution in [-0.4, -0.2) is 38.4 Å². The molecule has 0 bridgehead atoms. The lowest BCUT2D eigenvalue weighted by molar-refractivity contribution is -0.138. The van der Waals surface area contributed by atoms with Crippen LogP contribution < -0.4 is 20.9 Å². The van der Waals surface area contributed by atoms with Gasteiger partial charge in [-0.25, -0.2) is 9.59 Å². The van der Waals surface area contributed by atoms with Crippen LogP contribution in [0.4, 0.5) is 11.4 Å². The van der Waals surface area contributed by atoms with Gasteiger partial charge in [-0.2, -0.15) is 0 Å². The fourth-order valence-electron chi connectivity index (χ4n) is 2.04. The summed E-state index contributed by atoms with van der Waals surface area (Å²) in [6.07, 6.45) is 6.97. The van der Waals surface area contributed by atoms with Gasteiger partial charge in [-0.1, -0.05) is 12.2 Å². The minimum absolute atomic E-state index is 0.248. The lowest BCUT2D eigenvalue weighted by Gasteiger charge is -2.14. The zero-order valence-electron chi connectivity index (χ0n) is 16.3. The fourth-order valence-corrected chi connectivity index (χ4v) is 2.04. The summed E-state index contributed by atoms with van der Waals surface area (Å²) < 4.78 is 21.1. The maximum atomic E-state index is 11.2. The van der Waals surface area contributed by atoms with Gasteiger partial charge in [-0.15, -0.1) is 0 Å². The van der Waals surface area contributed by atoms with E-state index < -0.39 is 0 Å². The molecule has 0 amide bonds. The molecule has 8 heteroatoms. The van der Waals surface area contributed by atoms with Crippen LogP contribution in [-0.2, 0) is 19.1 Å². The van der Waals surface area contributed by atoms with Crippen molar-refractivity contribution in [3.05, 3.63) is 36.4 Å². The second-order valence-corrected chi connectivity index (χ2v) is 5.63. The highest BCUT2D eigenvalue weighted by atomic mass is 16.5. The molecule has 0 spiro atoms. The molecule has 0 aromatic heterocycles. The smallest absolute Gasteiger partial charge is 0.330 e. The Hall–Kier alpha value is -3.16. The van der Waals surface area contributed by atoms with Crippen molar-refractivity contribution in [3.8, 4) is 11.5 Å². The number of carbonyl (C=O) groups is 2. The van der Waals surface area contributed by atoms with Crippen molar-refractivity contribution >= 4 is 23.3 Å². The molecule has 0 saturated heterocycles. The van der Waals surface area contributed by atoms with E-state index >= 15 is 0 Å². The van der Waals surface area contributed by atoms with E-state index in [4.69, 9.17) is 30.4 Å². The van der Waals surface area contributed by atoms with Gasteiger partial charge in [0.05, 0.1) is 26.4 Å². The predicted molar refractivity (Wildman–Crippen MR) is 107 cm³/mol. The van der Waals surface area contributed by atoms with Gasteiger partial charge in [0, 0.05) is 25.0 Å². The number of nitrogens with two attached hydrogens (primary N) is 2. The van der Waals surface area contributed by atoms with E-state index in [0.717, 1.165) is 0 Å². The number of rotatable bonds is 12. The Morgan fingerprint density at radius 1 is 0.786 bits per heavy atom. The third kappa shape index (κ3) is 8.48. The van der Waals surface area contributed by atoms with E-state index in [0.29, 0.717) is 37.6 Å². The number of benzene rings is 1. The molecule has 0 radical (unpaired) electrons. The second kappa shape index (κ2) is 13.1. The minimum Gasteiger partial charge on any atom is -0.491 e. The first-order valence-electron chi connectivity index (χ1n) is 9.02. The Bertz CT molecular complexity index is 641. The first kappa shape index (κ1) is 22.9. The van der Waals surface area contributed by atoms with Gasteiger partial charge in [-0.05, 0) is 26.0 Å². The van der Waals surface area contributed by atoms with Crippen LogP contribution in [0.5, 0.6) is 11.5 Å². The van der Waals surface area contributed by atoms with Crippen molar-refractivity contribution in [2.75, 3.05) is 37.9 Å². The molecule has 1 rings (SSSR count). The molecule has 1 aromatic carbocycles. The fraction of sp³-hybridized carbons (Fsp3) is 0.400. The third-order valence-electron chi connectivity index (χ3n) is 3.39. The Labute approximate surface area is 165 Å². The summed E-state index contributed by atoms with van der Waals surface area (Å²) >= 11 is 0. The highest BCUT2D eigenvalue weighted by molar-refractivity contribution is 5.82. The molecule has 154 valence electrons. The Morgan fingerprint density at radius 3 is 1.54 bits per heavy atom. The van der Waals surface area contributed by atoms with Crippen LogP contribution >= 0.6 is 0 Å². The zero-order valence-corrected chi connectivity index (χ0v) is 16.3. The SMILES string of the molecule is CC=CC(=O)OCCCOc1ccc(OCCCOC(=O)C=CC)c(N)c1N. The highest BCUT2D eigenvalue weighted by Gasteiger charge is 2.10. The van der Waals surface area contributed by atoms with E-state index in [1.54, 1.807) is 38.1 Å². The number of carbonyl (C=O) groups excluding carboxylic acids is 2.